The van der Waals surface area contributed by atoms with E-state index in [1.54, 1.807) is 13.8 Å². The molecular formula is C26H35NO4Si. The molecule has 2 aromatic rings. The van der Waals surface area contributed by atoms with Gasteiger partial charge in [0.2, 0.25) is 8.32 Å². The largest absolute Gasteiger partial charge is 0.544 e. The van der Waals surface area contributed by atoms with Gasteiger partial charge in [-0.25, -0.2) is 4.79 Å². The molecule has 0 bridgehead atoms. The fraction of sp³-hybridized carbons (Fsp3) is 0.423. The lowest BCUT2D eigenvalue weighted by Gasteiger charge is -2.36. The van der Waals surface area contributed by atoms with E-state index in [-0.39, 0.29) is 35.5 Å². The molecule has 5 nitrogen and oxygen atoms in total. The number of hydrogen-bond donors (Lipinski definition) is 0. The van der Waals surface area contributed by atoms with Crippen LogP contribution in [0.1, 0.15) is 45.7 Å². The van der Waals surface area contributed by atoms with E-state index < -0.39 is 14.4 Å². The van der Waals surface area contributed by atoms with Crippen LogP contribution in [0.2, 0.25) is 18.1 Å². The summed E-state index contributed by atoms with van der Waals surface area (Å²) in [5.74, 6) is 0.386. The maximum atomic E-state index is 12.7. The lowest BCUT2D eigenvalue weighted by atomic mass is 9.99. The second kappa shape index (κ2) is 10.7. The summed E-state index contributed by atoms with van der Waals surface area (Å²) < 4.78 is 11.6. The number of ether oxygens (including phenoxy) is 1. The molecule has 0 saturated carbocycles. The van der Waals surface area contributed by atoms with Gasteiger partial charge in [0.1, 0.15) is 12.4 Å². The van der Waals surface area contributed by atoms with Crippen molar-refractivity contribution >= 4 is 25.9 Å². The van der Waals surface area contributed by atoms with E-state index in [4.69, 9.17) is 9.16 Å². The van der Waals surface area contributed by atoms with Gasteiger partial charge in [-0.2, -0.15) is 4.99 Å². The van der Waals surface area contributed by atoms with Crippen LogP contribution in [0.15, 0.2) is 59.6 Å². The minimum Gasteiger partial charge on any atom is -0.544 e. The van der Waals surface area contributed by atoms with Crippen molar-refractivity contribution in [2.75, 3.05) is 0 Å². The van der Waals surface area contributed by atoms with Crippen molar-refractivity contribution in [3.63, 3.8) is 0 Å². The van der Waals surface area contributed by atoms with Crippen molar-refractivity contribution in [1.29, 1.82) is 0 Å². The molecule has 0 aromatic heterocycles. The summed E-state index contributed by atoms with van der Waals surface area (Å²) >= 11 is 0. The third-order valence-electron chi connectivity index (χ3n) is 5.71. The SMILES string of the molecule is CC(C)C(=O)C(Cc1ccc(O[Si](C)(C)C(C)(C)C)cc1)=NC(=O)OCc1ccccc1. The summed E-state index contributed by atoms with van der Waals surface area (Å²) in [6, 6.07) is 17.0. The van der Waals surface area contributed by atoms with Crippen molar-refractivity contribution in [3.8, 4) is 5.75 Å². The van der Waals surface area contributed by atoms with Crippen LogP contribution >= 0.6 is 0 Å². The minimum atomic E-state index is -1.93. The first-order chi connectivity index (χ1) is 14.9. The maximum Gasteiger partial charge on any atom is 0.434 e. The highest BCUT2D eigenvalue weighted by molar-refractivity contribution is 6.74. The van der Waals surface area contributed by atoms with E-state index in [1.165, 1.54) is 0 Å². The summed E-state index contributed by atoms with van der Waals surface area (Å²) in [6.45, 7) is 14.7. The molecule has 32 heavy (non-hydrogen) atoms. The number of amides is 1. The maximum absolute atomic E-state index is 12.7. The predicted molar refractivity (Wildman–Crippen MR) is 132 cm³/mol. The minimum absolute atomic E-state index is 0.106. The summed E-state index contributed by atoms with van der Waals surface area (Å²) in [4.78, 5) is 28.9. The molecule has 1 amide bonds. The number of carbonyl (C=O) groups is 2. The van der Waals surface area contributed by atoms with Crippen molar-refractivity contribution in [1.82, 2.24) is 0 Å². The highest BCUT2D eigenvalue weighted by Gasteiger charge is 2.38. The standard InChI is InChI=1S/C26H35NO4Si/c1-19(2)24(28)23(27-25(29)30-18-21-11-9-8-10-12-21)17-20-13-15-22(16-14-20)31-32(6,7)26(3,4)5/h8-16,19H,17-18H2,1-7H3. The number of ketones is 1. The first-order valence-corrected chi connectivity index (χ1v) is 13.9. The Morgan fingerprint density at radius 3 is 2.06 bits per heavy atom. The average Bonchev–Trinajstić information content (AvgIpc) is 2.72. The monoisotopic (exact) mass is 453 g/mol. The normalized spacial score (nSPS) is 12.6. The molecule has 2 aromatic carbocycles. The topological polar surface area (TPSA) is 65.0 Å². The molecule has 0 heterocycles. The van der Waals surface area contributed by atoms with Gasteiger partial charge in [0.15, 0.2) is 5.78 Å². The van der Waals surface area contributed by atoms with Gasteiger partial charge < -0.3 is 9.16 Å². The predicted octanol–water partition coefficient (Wildman–Crippen LogP) is 6.62. The second-order valence-corrected chi connectivity index (χ2v) is 14.5. The van der Waals surface area contributed by atoms with Crippen LogP contribution in [-0.4, -0.2) is 25.9 Å². The third kappa shape index (κ3) is 7.45. The van der Waals surface area contributed by atoms with Crippen LogP contribution in [-0.2, 0) is 22.6 Å². The molecule has 0 saturated heterocycles. The van der Waals surface area contributed by atoms with Gasteiger partial charge in [0.25, 0.3) is 0 Å². The molecule has 0 aliphatic heterocycles. The number of rotatable bonds is 8. The Morgan fingerprint density at radius 2 is 1.53 bits per heavy atom. The first kappa shape index (κ1) is 25.5. The van der Waals surface area contributed by atoms with Crippen molar-refractivity contribution in [2.24, 2.45) is 10.9 Å². The van der Waals surface area contributed by atoms with Gasteiger partial charge in [-0.05, 0) is 41.4 Å². The van der Waals surface area contributed by atoms with Crippen LogP contribution in [0.25, 0.3) is 0 Å². The van der Waals surface area contributed by atoms with Crippen molar-refractivity contribution in [2.45, 2.75) is 65.8 Å². The zero-order valence-corrected chi connectivity index (χ0v) is 21.3. The smallest absolute Gasteiger partial charge is 0.434 e. The van der Waals surface area contributed by atoms with Gasteiger partial charge in [0.05, 0.1) is 5.71 Å². The first-order valence-electron chi connectivity index (χ1n) is 11.0. The lowest BCUT2D eigenvalue weighted by Crippen LogP contribution is -2.43. The molecule has 0 fully saturated rings. The van der Waals surface area contributed by atoms with Crippen LogP contribution in [0.3, 0.4) is 0 Å². The Balaban J connectivity index is 2.12. The molecule has 0 aliphatic carbocycles. The highest BCUT2D eigenvalue weighted by atomic mass is 28.4. The number of benzene rings is 2. The van der Waals surface area contributed by atoms with Gasteiger partial charge in [0, 0.05) is 12.3 Å². The number of hydrogen-bond acceptors (Lipinski definition) is 4. The lowest BCUT2D eigenvalue weighted by molar-refractivity contribution is -0.115. The molecule has 0 atom stereocenters. The Morgan fingerprint density at radius 1 is 0.938 bits per heavy atom. The average molecular weight is 454 g/mol. The Kier molecular flexibility index (Phi) is 8.56. The zero-order chi connectivity index (χ0) is 23.9. The molecule has 172 valence electrons. The molecule has 0 radical (unpaired) electrons. The second-order valence-electron chi connectivity index (χ2n) is 9.80. The summed E-state index contributed by atoms with van der Waals surface area (Å²) in [5.41, 5.74) is 1.96. The fourth-order valence-electron chi connectivity index (χ4n) is 2.69. The Labute approximate surface area is 193 Å². The Bertz CT molecular complexity index is 942. The number of carbonyl (C=O) groups excluding carboxylic acids is 2. The highest BCUT2D eigenvalue weighted by Crippen LogP contribution is 2.37. The molecule has 0 unspecified atom stereocenters. The number of Topliss-reactive ketones (excluding diaryl/α,β-unsaturated/α-hetero) is 1. The summed E-state index contributed by atoms with van der Waals surface area (Å²) in [6.07, 6.45) is -0.492. The van der Waals surface area contributed by atoms with Gasteiger partial charge in [-0.3, -0.25) is 4.79 Å². The molecule has 2 rings (SSSR count). The van der Waals surface area contributed by atoms with Crippen molar-refractivity contribution in [3.05, 3.63) is 65.7 Å². The van der Waals surface area contributed by atoms with Crippen LogP contribution in [0, 0.1) is 5.92 Å². The Hall–Kier alpha value is -2.73. The van der Waals surface area contributed by atoms with Gasteiger partial charge >= 0.3 is 6.09 Å². The van der Waals surface area contributed by atoms with Crippen molar-refractivity contribution < 1.29 is 18.8 Å². The van der Waals surface area contributed by atoms with Gasteiger partial charge in [-0.15, -0.1) is 0 Å². The quantitative estimate of drug-likeness (QED) is 0.333. The molecular weight excluding hydrogens is 418 g/mol. The van der Waals surface area contributed by atoms with E-state index in [1.807, 2.05) is 54.6 Å². The van der Waals surface area contributed by atoms with E-state index >= 15 is 0 Å². The van der Waals surface area contributed by atoms with Crippen LogP contribution < -0.4 is 4.43 Å². The van der Waals surface area contributed by atoms with E-state index in [0.29, 0.717) is 0 Å². The van der Waals surface area contributed by atoms with Crippen LogP contribution in [0.5, 0.6) is 5.75 Å². The zero-order valence-electron chi connectivity index (χ0n) is 20.3. The summed E-state index contributed by atoms with van der Waals surface area (Å²) in [7, 11) is -1.93. The number of aliphatic imine (C=N–C) groups is 1. The van der Waals surface area contributed by atoms with E-state index in [2.05, 4.69) is 38.9 Å². The molecule has 0 spiro atoms. The van der Waals surface area contributed by atoms with E-state index in [0.717, 1.165) is 16.9 Å². The molecule has 0 N–H and O–H groups in total. The van der Waals surface area contributed by atoms with Gasteiger partial charge in [-0.1, -0.05) is 77.1 Å². The van der Waals surface area contributed by atoms with Crippen LogP contribution in [0.4, 0.5) is 4.79 Å². The van der Waals surface area contributed by atoms with E-state index in [9.17, 15) is 9.59 Å². The number of nitrogens with zero attached hydrogens (tertiary/aromatic N) is 1. The summed E-state index contributed by atoms with van der Waals surface area (Å²) in [5, 5.41) is 0.106. The molecule has 6 heteroatoms. The third-order valence-corrected chi connectivity index (χ3v) is 10.1. The molecule has 0 aliphatic rings. The fourth-order valence-corrected chi connectivity index (χ4v) is 3.72.